The van der Waals surface area contributed by atoms with Gasteiger partial charge in [0.2, 0.25) is 5.91 Å². The summed E-state index contributed by atoms with van der Waals surface area (Å²) in [6.45, 7) is 1.89. The molecule has 3 aromatic carbocycles. The van der Waals surface area contributed by atoms with E-state index in [9.17, 15) is 9.59 Å². The van der Waals surface area contributed by atoms with Crippen LogP contribution in [0.5, 0.6) is 0 Å². The van der Waals surface area contributed by atoms with E-state index in [1.54, 1.807) is 6.07 Å². The van der Waals surface area contributed by atoms with Crippen LogP contribution in [0.25, 0.3) is 0 Å². The van der Waals surface area contributed by atoms with Gasteiger partial charge in [-0.25, -0.2) is 0 Å². The van der Waals surface area contributed by atoms with E-state index in [2.05, 4.69) is 27.3 Å². The lowest BCUT2D eigenvalue weighted by Crippen LogP contribution is -2.51. The lowest BCUT2D eigenvalue weighted by Gasteiger charge is -2.42. The van der Waals surface area contributed by atoms with Crippen LogP contribution in [0.2, 0.25) is 5.02 Å². The van der Waals surface area contributed by atoms with Crippen LogP contribution in [0, 0.1) is 5.41 Å². The number of aryl methyl sites for hydroxylation is 1. The second-order valence-corrected chi connectivity index (χ2v) is 10.2. The Morgan fingerprint density at radius 3 is 2.28 bits per heavy atom. The summed E-state index contributed by atoms with van der Waals surface area (Å²) in [5.74, 6) is 0.669. The minimum atomic E-state index is -0.502. The molecule has 2 amide bonds. The van der Waals surface area contributed by atoms with Crippen molar-refractivity contribution in [1.29, 1.82) is 0 Å². The number of fused-ring (bicyclic) bond motifs is 1. The summed E-state index contributed by atoms with van der Waals surface area (Å²) in [5, 5.41) is 3.75. The molecule has 0 spiro atoms. The number of carbonyl (C=O) groups is 2. The molecule has 2 heterocycles. The van der Waals surface area contributed by atoms with Crippen molar-refractivity contribution in [3.05, 3.63) is 106 Å². The number of amidine groups is 1. The maximum Gasteiger partial charge on any atom is 0.278 e. The number of carbonyl (C=O) groups excluding carboxylic acids is 2. The summed E-state index contributed by atoms with van der Waals surface area (Å²) in [4.78, 5) is 33.2. The molecule has 0 aliphatic carbocycles. The molecule has 0 radical (unpaired) electrons. The highest BCUT2D eigenvalue weighted by Crippen LogP contribution is 2.36. The van der Waals surface area contributed by atoms with Gasteiger partial charge in [-0.3, -0.25) is 9.59 Å². The zero-order valence-electron chi connectivity index (χ0n) is 20.3. The van der Waals surface area contributed by atoms with Crippen molar-refractivity contribution >= 4 is 29.3 Å². The Morgan fingerprint density at radius 1 is 0.917 bits per heavy atom. The number of nitrogens with one attached hydrogen (secondary N) is 1. The second kappa shape index (κ2) is 10.7. The Balaban J connectivity index is 1.32. The van der Waals surface area contributed by atoms with Crippen LogP contribution in [0.15, 0.2) is 83.9 Å². The minimum absolute atomic E-state index is 0.0933. The fourth-order valence-electron chi connectivity index (χ4n) is 5.30. The highest BCUT2D eigenvalue weighted by Gasteiger charge is 2.42. The summed E-state index contributed by atoms with van der Waals surface area (Å²) in [6.07, 6.45) is 3.55. The average molecular weight is 500 g/mol. The van der Waals surface area contributed by atoms with Gasteiger partial charge in [0.1, 0.15) is 5.84 Å². The van der Waals surface area contributed by atoms with E-state index in [1.165, 1.54) is 0 Å². The zero-order chi connectivity index (χ0) is 25.0. The van der Waals surface area contributed by atoms with Gasteiger partial charge in [-0.15, -0.1) is 0 Å². The van der Waals surface area contributed by atoms with Gasteiger partial charge in [-0.1, -0.05) is 78.3 Å². The first-order valence-electron chi connectivity index (χ1n) is 12.5. The first kappa shape index (κ1) is 24.3. The third kappa shape index (κ3) is 5.36. The fourth-order valence-corrected chi connectivity index (χ4v) is 5.48. The van der Waals surface area contributed by atoms with Crippen LogP contribution < -0.4 is 5.32 Å². The summed E-state index contributed by atoms with van der Waals surface area (Å²) in [7, 11) is 0. The second-order valence-electron chi connectivity index (χ2n) is 9.73. The van der Waals surface area contributed by atoms with Crippen molar-refractivity contribution in [3.8, 4) is 0 Å². The van der Waals surface area contributed by atoms with Gasteiger partial charge in [0.25, 0.3) is 5.91 Å². The van der Waals surface area contributed by atoms with E-state index >= 15 is 0 Å². The lowest BCUT2D eigenvalue weighted by molar-refractivity contribution is -0.133. The number of halogens is 1. The van der Waals surface area contributed by atoms with E-state index < -0.39 is 5.41 Å². The average Bonchev–Trinajstić information content (AvgIpc) is 3.07. The van der Waals surface area contributed by atoms with Crippen molar-refractivity contribution < 1.29 is 9.59 Å². The number of likely N-dealkylation sites (tertiary alicyclic amines) is 1. The smallest absolute Gasteiger partial charge is 0.278 e. The maximum absolute atomic E-state index is 13.6. The Kier molecular flexibility index (Phi) is 7.19. The molecule has 0 unspecified atom stereocenters. The molecule has 0 bridgehead atoms. The van der Waals surface area contributed by atoms with E-state index in [1.807, 2.05) is 60.7 Å². The number of nitrogens with zero attached hydrogens (tertiary/aromatic N) is 2. The molecular weight excluding hydrogens is 470 g/mol. The predicted molar refractivity (Wildman–Crippen MR) is 143 cm³/mol. The topological polar surface area (TPSA) is 61.8 Å². The molecule has 184 valence electrons. The standard InChI is InChI=1S/C30H30ClN3O2/c31-25-13-11-24-12-14-27(33-28(35)26(24)19-25)34-17-15-30(16-18-34,20-22-7-3-1-4-8-22)29(36)32-21-23-9-5-2-6-10-23/h1-11,13,19H,12,14-18,20-21H2,(H,32,36). The molecule has 1 saturated heterocycles. The molecule has 5 rings (SSSR count). The SMILES string of the molecule is O=C1N=C(N2CCC(Cc3ccccc3)(C(=O)NCc3ccccc3)CC2)CCc2ccc(Cl)cc21. The highest BCUT2D eigenvalue weighted by molar-refractivity contribution is 6.31. The molecule has 1 fully saturated rings. The van der Waals surface area contributed by atoms with Gasteiger partial charge < -0.3 is 10.2 Å². The molecule has 1 N–H and O–H groups in total. The van der Waals surface area contributed by atoms with Crippen LogP contribution in [0.3, 0.4) is 0 Å². The third-order valence-electron chi connectivity index (χ3n) is 7.40. The highest BCUT2D eigenvalue weighted by atomic mass is 35.5. The first-order chi connectivity index (χ1) is 17.5. The van der Waals surface area contributed by atoms with Crippen LogP contribution in [-0.4, -0.2) is 35.6 Å². The van der Waals surface area contributed by atoms with E-state index in [4.69, 9.17) is 11.6 Å². The van der Waals surface area contributed by atoms with Gasteiger partial charge >= 0.3 is 0 Å². The van der Waals surface area contributed by atoms with Crippen molar-refractivity contribution in [2.75, 3.05) is 13.1 Å². The Labute approximate surface area is 217 Å². The van der Waals surface area contributed by atoms with Crippen LogP contribution in [-0.2, 0) is 24.2 Å². The van der Waals surface area contributed by atoms with Gasteiger partial charge in [0.15, 0.2) is 0 Å². The predicted octanol–water partition coefficient (Wildman–Crippen LogP) is 5.47. The molecule has 36 heavy (non-hydrogen) atoms. The lowest BCUT2D eigenvalue weighted by atomic mass is 9.72. The molecule has 6 heteroatoms. The molecule has 2 aliphatic heterocycles. The maximum atomic E-state index is 13.6. The number of rotatable bonds is 5. The minimum Gasteiger partial charge on any atom is -0.360 e. The number of benzene rings is 3. The summed E-state index contributed by atoms with van der Waals surface area (Å²) in [6, 6.07) is 25.7. The Hall–Kier alpha value is -3.44. The first-order valence-corrected chi connectivity index (χ1v) is 12.9. The van der Waals surface area contributed by atoms with Gasteiger partial charge in [-0.05, 0) is 54.5 Å². The molecule has 0 saturated carbocycles. The molecule has 3 aromatic rings. The van der Waals surface area contributed by atoms with Gasteiger partial charge in [-0.2, -0.15) is 4.99 Å². The fraction of sp³-hybridized carbons (Fsp3) is 0.300. The number of hydrogen-bond acceptors (Lipinski definition) is 3. The normalized spacial score (nSPS) is 17.1. The summed E-state index contributed by atoms with van der Waals surface area (Å²) in [5.41, 5.74) is 3.32. The van der Waals surface area contributed by atoms with Gasteiger partial charge in [0, 0.05) is 36.6 Å². The van der Waals surface area contributed by atoms with Crippen LogP contribution in [0.1, 0.15) is 46.3 Å². The number of piperidine rings is 1. The quantitative estimate of drug-likeness (QED) is 0.506. The number of aliphatic imine (C=N–C) groups is 1. The van der Waals surface area contributed by atoms with Crippen molar-refractivity contribution in [1.82, 2.24) is 10.2 Å². The number of amides is 2. The van der Waals surface area contributed by atoms with E-state index in [0.717, 1.165) is 28.9 Å². The van der Waals surface area contributed by atoms with E-state index in [0.29, 0.717) is 55.9 Å². The van der Waals surface area contributed by atoms with Crippen molar-refractivity contribution in [3.63, 3.8) is 0 Å². The Morgan fingerprint density at radius 2 is 1.58 bits per heavy atom. The molecule has 0 aromatic heterocycles. The molecule has 0 atom stereocenters. The van der Waals surface area contributed by atoms with Crippen LogP contribution in [0.4, 0.5) is 0 Å². The molecule has 5 nitrogen and oxygen atoms in total. The van der Waals surface area contributed by atoms with Crippen molar-refractivity contribution in [2.45, 2.75) is 38.6 Å². The monoisotopic (exact) mass is 499 g/mol. The van der Waals surface area contributed by atoms with Gasteiger partial charge in [0.05, 0.1) is 5.41 Å². The molecule has 2 aliphatic rings. The van der Waals surface area contributed by atoms with Crippen molar-refractivity contribution in [2.24, 2.45) is 10.4 Å². The molecular formula is C30H30ClN3O2. The summed E-state index contributed by atoms with van der Waals surface area (Å²) < 4.78 is 0. The third-order valence-corrected chi connectivity index (χ3v) is 7.63. The number of hydrogen-bond donors (Lipinski definition) is 1. The largest absolute Gasteiger partial charge is 0.360 e. The Bertz CT molecular complexity index is 1270. The van der Waals surface area contributed by atoms with Crippen LogP contribution >= 0.6 is 11.6 Å². The van der Waals surface area contributed by atoms with E-state index in [-0.39, 0.29) is 11.8 Å². The zero-order valence-corrected chi connectivity index (χ0v) is 21.0. The summed E-state index contributed by atoms with van der Waals surface area (Å²) >= 11 is 6.12.